The smallest absolute Gasteiger partial charge is 0.302 e. The number of carbonyl (C=O) groups excluding carboxylic acids is 2. The van der Waals surface area contributed by atoms with Crippen molar-refractivity contribution in [1.82, 2.24) is 0 Å². The van der Waals surface area contributed by atoms with E-state index in [1.54, 1.807) is 0 Å². The first-order valence-electron chi connectivity index (χ1n) is 12.8. The average molecular weight is 445 g/mol. The van der Waals surface area contributed by atoms with E-state index in [0.29, 0.717) is 42.7 Å². The minimum absolute atomic E-state index is 0.0375. The Morgan fingerprint density at radius 3 is 2.62 bits per heavy atom. The van der Waals surface area contributed by atoms with E-state index in [0.717, 1.165) is 44.9 Å². The maximum atomic E-state index is 13.4. The molecule has 0 aromatic rings. The van der Waals surface area contributed by atoms with Crippen molar-refractivity contribution in [2.75, 3.05) is 13.2 Å². The van der Waals surface area contributed by atoms with Crippen LogP contribution in [0.5, 0.6) is 0 Å². The Balaban J connectivity index is 1.35. The van der Waals surface area contributed by atoms with Crippen molar-refractivity contribution in [3.63, 3.8) is 0 Å². The van der Waals surface area contributed by atoms with Gasteiger partial charge in [-0.05, 0) is 66.6 Å². The lowest BCUT2D eigenvalue weighted by atomic mass is 9.47. The monoisotopic (exact) mass is 444 g/mol. The van der Waals surface area contributed by atoms with Crippen LogP contribution in [-0.2, 0) is 23.8 Å². The van der Waals surface area contributed by atoms with Crippen molar-refractivity contribution in [2.24, 2.45) is 40.4 Å². The van der Waals surface area contributed by atoms with E-state index < -0.39 is 0 Å². The van der Waals surface area contributed by atoms with Crippen molar-refractivity contribution < 1.29 is 23.8 Å². The van der Waals surface area contributed by atoms with Gasteiger partial charge in [0.05, 0.1) is 13.2 Å². The summed E-state index contributed by atoms with van der Waals surface area (Å²) in [5, 5.41) is 0. The second kappa shape index (κ2) is 8.23. The third-order valence-electron chi connectivity index (χ3n) is 10.1. The molecule has 5 rings (SSSR count). The molecule has 5 nitrogen and oxygen atoms in total. The minimum atomic E-state index is -0.167. The molecule has 1 saturated heterocycles. The molecule has 3 saturated carbocycles. The first-order chi connectivity index (χ1) is 15.2. The van der Waals surface area contributed by atoms with E-state index >= 15 is 0 Å². The van der Waals surface area contributed by atoms with Gasteiger partial charge in [0.15, 0.2) is 6.29 Å². The standard InChI is InChI=1S/C27H40O5/c1-16(13-24-30-11-12-31-24)25-23(29)15-22-20-6-5-18-14-19(32-17(2)28)7-9-26(18,3)21(20)8-10-27(22,25)4/h5,16,19-22,24-25H,6-15H2,1-4H3/t16-,19?,20?,21+,22+,25?,26?,27?/m1/s1. The van der Waals surface area contributed by atoms with E-state index in [9.17, 15) is 9.59 Å². The quantitative estimate of drug-likeness (QED) is 0.447. The Morgan fingerprint density at radius 2 is 1.91 bits per heavy atom. The van der Waals surface area contributed by atoms with Crippen LogP contribution < -0.4 is 0 Å². The molecule has 0 aromatic heterocycles. The maximum absolute atomic E-state index is 13.4. The highest BCUT2D eigenvalue weighted by atomic mass is 16.7. The lowest BCUT2D eigenvalue weighted by Gasteiger charge is -2.58. The summed E-state index contributed by atoms with van der Waals surface area (Å²) in [6.07, 6.45) is 10.3. The zero-order valence-electron chi connectivity index (χ0n) is 20.2. The third-order valence-corrected chi connectivity index (χ3v) is 10.1. The van der Waals surface area contributed by atoms with Crippen LogP contribution in [0.2, 0.25) is 0 Å². The normalized spacial score (nSPS) is 44.9. The molecule has 5 aliphatic rings. The predicted molar refractivity (Wildman–Crippen MR) is 121 cm³/mol. The number of ether oxygens (including phenoxy) is 3. The van der Waals surface area contributed by atoms with E-state index in [1.807, 2.05) is 0 Å². The van der Waals surface area contributed by atoms with Crippen LogP contribution >= 0.6 is 0 Å². The first kappa shape index (κ1) is 22.6. The molecule has 0 N–H and O–H groups in total. The molecule has 178 valence electrons. The molecule has 0 radical (unpaired) electrons. The summed E-state index contributed by atoms with van der Waals surface area (Å²) < 4.78 is 17.0. The lowest BCUT2D eigenvalue weighted by molar-refractivity contribution is -0.149. The summed E-state index contributed by atoms with van der Waals surface area (Å²) >= 11 is 0. The highest BCUT2D eigenvalue weighted by Crippen LogP contribution is 2.66. The number of rotatable bonds is 4. The summed E-state index contributed by atoms with van der Waals surface area (Å²) in [5.74, 6) is 2.43. The van der Waals surface area contributed by atoms with Crippen molar-refractivity contribution in [1.29, 1.82) is 0 Å². The minimum Gasteiger partial charge on any atom is -0.462 e. The zero-order chi connectivity index (χ0) is 22.7. The highest BCUT2D eigenvalue weighted by molar-refractivity contribution is 5.85. The van der Waals surface area contributed by atoms with Crippen LogP contribution in [0.1, 0.15) is 79.1 Å². The largest absolute Gasteiger partial charge is 0.462 e. The van der Waals surface area contributed by atoms with E-state index in [1.165, 1.54) is 18.9 Å². The Bertz CT molecular complexity index is 798. The molecule has 0 amide bonds. The van der Waals surface area contributed by atoms with Gasteiger partial charge in [-0.25, -0.2) is 0 Å². The average Bonchev–Trinajstić information content (AvgIpc) is 3.32. The second-order valence-corrected chi connectivity index (χ2v) is 11.8. The summed E-state index contributed by atoms with van der Waals surface area (Å²) in [4.78, 5) is 24.9. The van der Waals surface area contributed by atoms with Crippen LogP contribution in [-0.4, -0.2) is 37.4 Å². The topological polar surface area (TPSA) is 61.8 Å². The molecule has 4 fully saturated rings. The summed E-state index contributed by atoms with van der Waals surface area (Å²) in [5.41, 5.74) is 1.79. The highest BCUT2D eigenvalue weighted by Gasteiger charge is 2.62. The molecular formula is C27H40O5. The van der Waals surface area contributed by atoms with Gasteiger partial charge in [0.1, 0.15) is 11.9 Å². The van der Waals surface area contributed by atoms with Gasteiger partial charge >= 0.3 is 5.97 Å². The molecule has 32 heavy (non-hydrogen) atoms. The molecule has 8 atom stereocenters. The molecular weight excluding hydrogens is 404 g/mol. The second-order valence-electron chi connectivity index (χ2n) is 11.8. The van der Waals surface area contributed by atoms with E-state index in [2.05, 4.69) is 26.8 Å². The zero-order valence-corrected chi connectivity index (χ0v) is 20.2. The molecule has 5 heteroatoms. The molecule has 0 spiro atoms. The van der Waals surface area contributed by atoms with Crippen LogP contribution in [0.4, 0.5) is 0 Å². The van der Waals surface area contributed by atoms with Crippen LogP contribution in [0, 0.1) is 40.4 Å². The van der Waals surface area contributed by atoms with Gasteiger partial charge in [-0.1, -0.05) is 32.4 Å². The number of hydrogen-bond donors (Lipinski definition) is 0. The van der Waals surface area contributed by atoms with Crippen LogP contribution in [0.15, 0.2) is 11.6 Å². The SMILES string of the molecule is CC(=O)OC1CCC2(C)C(=CCC3[C@@H]2CCC2(C)C([C@H](C)CC4OCCO4)C(=O)C[C@@H]32)C1. The number of Topliss-reactive ketones (excluding diaryl/α,β-unsaturated/α-hetero) is 1. The maximum Gasteiger partial charge on any atom is 0.302 e. The summed E-state index contributed by atoms with van der Waals surface area (Å²) in [7, 11) is 0. The number of allylic oxidation sites excluding steroid dienone is 1. The van der Waals surface area contributed by atoms with Crippen molar-refractivity contribution >= 4 is 11.8 Å². The number of esters is 1. The van der Waals surface area contributed by atoms with Gasteiger partial charge in [0, 0.05) is 32.1 Å². The third kappa shape index (κ3) is 3.58. The van der Waals surface area contributed by atoms with Gasteiger partial charge in [-0.15, -0.1) is 0 Å². The molecule has 1 heterocycles. The molecule has 0 aromatic carbocycles. The van der Waals surface area contributed by atoms with Crippen LogP contribution in [0.3, 0.4) is 0 Å². The lowest BCUT2D eigenvalue weighted by Crippen LogP contribution is -2.51. The van der Waals surface area contributed by atoms with Crippen molar-refractivity contribution in [3.8, 4) is 0 Å². The number of hydrogen-bond acceptors (Lipinski definition) is 5. The number of carbonyl (C=O) groups is 2. The Morgan fingerprint density at radius 1 is 1.16 bits per heavy atom. The number of fused-ring (bicyclic) bond motifs is 5. The van der Waals surface area contributed by atoms with Crippen molar-refractivity contribution in [2.45, 2.75) is 91.5 Å². The fraction of sp³-hybridized carbons (Fsp3) is 0.852. The fourth-order valence-corrected chi connectivity index (χ4v) is 8.74. The summed E-state index contributed by atoms with van der Waals surface area (Å²) in [6, 6.07) is 0. The molecule has 1 aliphatic heterocycles. The van der Waals surface area contributed by atoms with Gasteiger partial charge in [-0.2, -0.15) is 0 Å². The van der Waals surface area contributed by atoms with Gasteiger partial charge < -0.3 is 14.2 Å². The van der Waals surface area contributed by atoms with Crippen LogP contribution in [0.25, 0.3) is 0 Å². The Kier molecular flexibility index (Phi) is 5.81. The predicted octanol–water partition coefficient (Wildman–Crippen LogP) is 5.08. The first-order valence-corrected chi connectivity index (χ1v) is 12.8. The molecule has 0 bridgehead atoms. The van der Waals surface area contributed by atoms with Gasteiger partial charge in [-0.3, -0.25) is 9.59 Å². The molecule has 4 aliphatic carbocycles. The Labute approximate surface area is 192 Å². The van der Waals surface area contributed by atoms with Gasteiger partial charge in [0.2, 0.25) is 0 Å². The Hall–Kier alpha value is -1.20. The molecule has 5 unspecified atom stereocenters. The van der Waals surface area contributed by atoms with Crippen molar-refractivity contribution in [3.05, 3.63) is 11.6 Å². The number of ketones is 1. The van der Waals surface area contributed by atoms with Gasteiger partial charge in [0.25, 0.3) is 0 Å². The summed E-state index contributed by atoms with van der Waals surface area (Å²) in [6.45, 7) is 9.96. The van der Waals surface area contributed by atoms with E-state index in [-0.39, 0.29) is 35.1 Å². The van der Waals surface area contributed by atoms with E-state index in [4.69, 9.17) is 14.2 Å². The fourth-order valence-electron chi connectivity index (χ4n) is 8.74.